The molecule has 1 aliphatic heterocycles. The van der Waals surface area contributed by atoms with Crippen molar-refractivity contribution in [1.82, 2.24) is 19.5 Å². The van der Waals surface area contributed by atoms with Crippen molar-refractivity contribution in [1.29, 1.82) is 0 Å². The molecule has 0 saturated heterocycles. The maximum absolute atomic E-state index is 5.86. The summed E-state index contributed by atoms with van der Waals surface area (Å²) in [5, 5.41) is 0. The van der Waals surface area contributed by atoms with Crippen molar-refractivity contribution in [3.8, 4) is 5.75 Å². The molecule has 3 aromatic rings. The highest BCUT2D eigenvalue weighted by Crippen LogP contribution is 2.32. The summed E-state index contributed by atoms with van der Waals surface area (Å²) in [6, 6.07) is 4.03. The monoisotopic (exact) mass is 309 g/mol. The van der Waals surface area contributed by atoms with Crippen molar-refractivity contribution in [3.63, 3.8) is 0 Å². The molecule has 0 aromatic carbocycles. The van der Waals surface area contributed by atoms with Crippen LogP contribution >= 0.6 is 0 Å². The number of anilines is 1. The van der Waals surface area contributed by atoms with Crippen LogP contribution in [0.25, 0.3) is 11.2 Å². The highest BCUT2D eigenvalue weighted by atomic mass is 16.5. The van der Waals surface area contributed by atoms with Gasteiger partial charge < -0.3 is 14.2 Å². The van der Waals surface area contributed by atoms with Gasteiger partial charge in [-0.2, -0.15) is 0 Å². The van der Waals surface area contributed by atoms with Crippen LogP contribution in [0, 0.1) is 6.92 Å². The van der Waals surface area contributed by atoms with Gasteiger partial charge in [-0.15, -0.1) is 0 Å². The van der Waals surface area contributed by atoms with E-state index in [1.165, 1.54) is 5.56 Å². The Labute approximate surface area is 134 Å². The van der Waals surface area contributed by atoms with Crippen LogP contribution in [0.1, 0.15) is 11.1 Å². The molecule has 6 heteroatoms. The van der Waals surface area contributed by atoms with Crippen LogP contribution in [-0.4, -0.2) is 39.7 Å². The molecule has 3 aromatic heterocycles. The first-order chi connectivity index (χ1) is 11.2. The van der Waals surface area contributed by atoms with E-state index >= 15 is 0 Å². The molecule has 6 nitrogen and oxygen atoms in total. The fourth-order valence-corrected chi connectivity index (χ4v) is 2.98. The number of hydrogen-bond acceptors (Lipinski definition) is 5. The van der Waals surface area contributed by atoms with Gasteiger partial charge in [0.15, 0.2) is 17.2 Å². The molecule has 0 unspecified atom stereocenters. The standard InChI is InChI=1S/C17H19N5O/c1-12-3-6-18-16-14(12)20-11-22(16)8-5-13-4-7-19-17-15(13)23-10-9-21(17)2/h3-4,6-7,11H,5,8-10H2,1-2H3. The third-order valence-electron chi connectivity index (χ3n) is 4.33. The van der Waals surface area contributed by atoms with Crippen molar-refractivity contribution in [3.05, 3.63) is 42.0 Å². The van der Waals surface area contributed by atoms with Crippen molar-refractivity contribution < 1.29 is 4.74 Å². The summed E-state index contributed by atoms with van der Waals surface area (Å²) in [6.07, 6.45) is 6.42. The predicted octanol–water partition coefficient (Wildman–Crippen LogP) is 2.21. The Morgan fingerprint density at radius 2 is 2.04 bits per heavy atom. The van der Waals surface area contributed by atoms with Gasteiger partial charge in [0.25, 0.3) is 0 Å². The van der Waals surface area contributed by atoms with Gasteiger partial charge in [0, 0.05) is 31.5 Å². The lowest BCUT2D eigenvalue weighted by Gasteiger charge is -2.27. The highest BCUT2D eigenvalue weighted by molar-refractivity contribution is 5.74. The zero-order valence-corrected chi connectivity index (χ0v) is 13.4. The number of imidazole rings is 1. The molecule has 1 aliphatic rings. The molecular formula is C17H19N5O. The van der Waals surface area contributed by atoms with E-state index in [2.05, 4.69) is 31.3 Å². The second-order valence-corrected chi connectivity index (χ2v) is 5.88. The van der Waals surface area contributed by atoms with Crippen LogP contribution in [0.2, 0.25) is 0 Å². The zero-order valence-electron chi connectivity index (χ0n) is 13.4. The topological polar surface area (TPSA) is 56.1 Å². The third kappa shape index (κ3) is 2.40. The average molecular weight is 309 g/mol. The van der Waals surface area contributed by atoms with Gasteiger partial charge in [-0.3, -0.25) is 0 Å². The molecule has 0 saturated carbocycles. The van der Waals surface area contributed by atoms with E-state index in [9.17, 15) is 0 Å². The number of rotatable bonds is 3. The molecular weight excluding hydrogens is 290 g/mol. The van der Waals surface area contributed by atoms with E-state index in [0.717, 1.165) is 47.8 Å². The first kappa shape index (κ1) is 14.0. The molecule has 23 heavy (non-hydrogen) atoms. The van der Waals surface area contributed by atoms with Crippen LogP contribution in [0.15, 0.2) is 30.9 Å². The van der Waals surface area contributed by atoms with Gasteiger partial charge in [-0.25, -0.2) is 15.0 Å². The second-order valence-electron chi connectivity index (χ2n) is 5.88. The Morgan fingerprint density at radius 1 is 1.17 bits per heavy atom. The van der Waals surface area contributed by atoms with Gasteiger partial charge in [-0.1, -0.05) is 0 Å². The Balaban J connectivity index is 1.62. The van der Waals surface area contributed by atoms with E-state index in [0.29, 0.717) is 6.61 Å². The second kappa shape index (κ2) is 5.53. The van der Waals surface area contributed by atoms with Gasteiger partial charge in [0.05, 0.1) is 12.9 Å². The fourth-order valence-electron chi connectivity index (χ4n) is 2.98. The summed E-state index contributed by atoms with van der Waals surface area (Å²) >= 11 is 0. The molecule has 0 spiro atoms. The van der Waals surface area contributed by atoms with E-state index < -0.39 is 0 Å². The van der Waals surface area contributed by atoms with Gasteiger partial charge in [0.2, 0.25) is 0 Å². The minimum absolute atomic E-state index is 0.705. The van der Waals surface area contributed by atoms with Crippen LogP contribution in [0.5, 0.6) is 5.75 Å². The first-order valence-corrected chi connectivity index (χ1v) is 7.82. The summed E-state index contributed by atoms with van der Waals surface area (Å²) in [5.41, 5.74) is 4.24. The number of pyridine rings is 2. The van der Waals surface area contributed by atoms with Crippen molar-refractivity contribution in [2.45, 2.75) is 19.9 Å². The summed E-state index contributed by atoms with van der Waals surface area (Å²) in [7, 11) is 2.05. The Kier molecular flexibility index (Phi) is 3.37. The molecule has 0 bridgehead atoms. The van der Waals surface area contributed by atoms with Crippen LogP contribution in [0.3, 0.4) is 0 Å². The number of aryl methyl sites for hydroxylation is 3. The number of aromatic nitrogens is 4. The molecule has 0 N–H and O–H groups in total. The summed E-state index contributed by atoms with van der Waals surface area (Å²) < 4.78 is 7.96. The number of nitrogens with zero attached hydrogens (tertiary/aromatic N) is 5. The lowest BCUT2D eigenvalue weighted by atomic mass is 10.1. The predicted molar refractivity (Wildman–Crippen MR) is 89.0 cm³/mol. The van der Waals surface area contributed by atoms with Gasteiger partial charge in [-0.05, 0) is 31.0 Å². The molecule has 4 heterocycles. The molecule has 0 aliphatic carbocycles. The molecule has 0 radical (unpaired) electrons. The Hall–Kier alpha value is -2.63. The van der Waals surface area contributed by atoms with E-state index in [1.54, 1.807) is 0 Å². The SMILES string of the molecule is Cc1ccnc2c1ncn2CCc1ccnc2c1OCCN2C. The normalized spacial score (nSPS) is 13.9. The van der Waals surface area contributed by atoms with Gasteiger partial charge in [0.1, 0.15) is 12.1 Å². The Morgan fingerprint density at radius 3 is 2.96 bits per heavy atom. The summed E-state index contributed by atoms with van der Waals surface area (Å²) in [5.74, 6) is 1.84. The van der Waals surface area contributed by atoms with Gasteiger partial charge >= 0.3 is 0 Å². The quantitative estimate of drug-likeness (QED) is 0.742. The van der Waals surface area contributed by atoms with E-state index in [-0.39, 0.29) is 0 Å². The number of ether oxygens (including phenoxy) is 1. The van der Waals surface area contributed by atoms with Crippen molar-refractivity contribution in [2.75, 3.05) is 25.1 Å². The fraction of sp³-hybridized carbons (Fsp3) is 0.353. The summed E-state index contributed by atoms with van der Waals surface area (Å²) in [6.45, 7) is 4.45. The van der Waals surface area contributed by atoms with E-state index in [4.69, 9.17) is 4.74 Å². The van der Waals surface area contributed by atoms with Crippen LogP contribution in [-0.2, 0) is 13.0 Å². The smallest absolute Gasteiger partial charge is 0.171 e. The van der Waals surface area contributed by atoms with Crippen LogP contribution in [0.4, 0.5) is 5.82 Å². The van der Waals surface area contributed by atoms with Crippen molar-refractivity contribution >= 4 is 17.0 Å². The number of likely N-dealkylation sites (N-methyl/N-ethyl adjacent to an activating group) is 1. The lowest BCUT2D eigenvalue weighted by Crippen LogP contribution is -2.30. The molecule has 4 rings (SSSR count). The molecule has 0 amide bonds. The first-order valence-electron chi connectivity index (χ1n) is 7.82. The van der Waals surface area contributed by atoms with Crippen LogP contribution < -0.4 is 9.64 Å². The van der Waals surface area contributed by atoms with Crippen molar-refractivity contribution in [2.24, 2.45) is 0 Å². The molecule has 118 valence electrons. The number of hydrogen-bond donors (Lipinski definition) is 0. The average Bonchev–Trinajstić information content (AvgIpc) is 2.98. The number of fused-ring (bicyclic) bond motifs is 2. The lowest BCUT2D eigenvalue weighted by molar-refractivity contribution is 0.305. The largest absolute Gasteiger partial charge is 0.488 e. The zero-order chi connectivity index (χ0) is 15.8. The minimum Gasteiger partial charge on any atom is -0.488 e. The van der Waals surface area contributed by atoms with E-state index in [1.807, 2.05) is 37.9 Å². The molecule has 0 atom stereocenters. The maximum atomic E-state index is 5.86. The highest BCUT2D eigenvalue weighted by Gasteiger charge is 2.19. The third-order valence-corrected chi connectivity index (χ3v) is 4.33. The minimum atomic E-state index is 0.705. The summed E-state index contributed by atoms with van der Waals surface area (Å²) in [4.78, 5) is 15.5. The Bertz CT molecular complexity index is 857. The maximum Gasteiger partial charge on any atom is 0.171 e. The molecule has 0 fully saturated rings.